The number of ether oxygens (including phenoxy) is 1. The Hall–Kier alpha value is -5.12. The summed E-state index contributed by atoms with van der Waals surface area (Å²) in [4.78, 5) is 37.0. The molecule has 10 heteroatoms. The lowest BCUT2D eigenvalue weighted by molar-refractivity contribution is 0.0961. The van der Waals surface area contributed by atoms with Crippen LogP contribution < -0.4 is 15.0 Å². The van der Waals surface area contributed by atoms with Crippen molar-refractivity contribution in [3.8, 4) is 28.2 Å². The number of hydrogen-bond donors (Lipinski definition) is 1. The van der Waals surface area contributed by atoms with E-state index in [4.69, 9.17) is 9.15 Å². The van der Waals surface area contributed by atoms with Gasteiger partial charge in [0.25, 0.3) is 11.8 Å². The second-order valence-corrected chi connectivity index (χ2v) is 10.0. The molecule has 5 aromatic rings. The Balaban J connectivity index is 1.52. The number of furan rings is 1. The van der Waals surface area contributed by atoms with Crippen LogP contribution in [0.2, 0.25) is 0 Å². The van der Waals surface area contributed by atoms with Crippen LogP contribution in [0.3, 0.4) is 0 Å². The Kier molecular flexibility index (Phi) is 6.89. The number of carbonyl (C=O) groups excluding carboxylic acids is 2. The smallest absolute Gasteiger partial charge is 0.263 e. The van der Waals surface area contributed by atoms with Crippen molar-refractivity contribution in [2.24, 2.45) is 0 Å². The van der Waals surface area contributed by atoms with Crippen molar-refractivity contribution in [3.63, 3.8) is 0 Å². The molecule has 0 aliphatic heterocycles. The van der Waals surface area contributed by atoms with Gasteiger partial charge in [-0.1, -0.05) is 0 Å². The van der Waals surface area contributed by atoms with Gasteiger partial charge in [-0.3, -0.25) is 19.5 Å². The molecule has 1 fully saturated rings. The van der Waals surface area contributed by atoms with Crippen LogP contribution in [0.4, 0.5) is 14.6 Å². The summed E-state index contributed by atoms with van der Waals surface area (Å²) in [6.07, 6.45) is 6.24. The van der Waals surface area contributed by atoms with E-state index >= 15 is 4.39 Å². The number of nitrogens with zero attached hydrogens (tertiary/aromatic N) is 3. The number of aromatic nitrogens is 2. The van der Waals surface area contributed by atoms with Crippen LogP contribution in [0.15, 0.2) is 71.5 Å². The summed E-state index contributed by atoms with van der Waals surface area (Å²) < 4.78 is 41.6. The van der Waals surface area contributed by atoms with Gasteiger partial charge in [0.1, 0.15) is 28.7 Å². The first kappa shape index (κ1) is 27.1. The molecule has 0 spiro atoms. The van der Waals surface area contributed by atoms with Crippen LogP contribution in [0, 0.1) is 18.6 Å². The highest BCUT2D eigenvalue weighted by Gasteiger charge is 2.37. The van der Waals surface area contributed by atoms with E-state index in [1.807, 2.05) is 0 Å². The number of hydrogen-bond acceptors (Lipinski definition) is 6. The number of anilines is 1. The lowest BCUT2D eigenvalue weighted by atomic mass is 9.94. The highest BCUT2D eigenvalue weighted by atomic mass is 19.1. The van der Waals surface area contributed by atoms with Crippen molar-refractivity contribution in [1.29, 1.82) is 0 Å². The standard InChI is InChI=1S/C32H26F2N4O4/c1-17-14-25(41-3)23(32(40)38(20-8-9-20)26-16-36-12-13-37-26)15-22(17)21-10-11-24-27(29(21)34)28(31(39)35-2)30(42-24)18-4-6-19(33)7-5-18/h4-7,10-16,20H,8-9H2,1-3H3,(H,35,39). The average molecular weight is 569 g/mol. The van der Waals surface area contributed by atoms with E-state index in [2.05, 4.69) is 15.3 Å². The summed E-state index contributed by atoms with van der Waals surface area (Å²) in [6.45, 7) is 1.79. The van der Waals surface area contributed by atoms with Gasteiger partial charge in [-0.05, 0) is 79.4 Å². The van der Waals surface area contributed by atoms with Crippen LogP contribution in [-0.2, 0) is 0 Å². The van der Waals surface area contributed by atoms with E-state index < -0.39 is 17.5 Å². The van der Waals surface area contributed by atoms with Crippen molar-refractivity contribution in [3.05, 3.63) is 95.4 Å². The Bertz CT molecular complexity index is 1830. The predicted molar refractivity (Wildman–Crippen MR) is 154 cm³/mol. The van der Waals surface area contributed by atoms with Gasteiger partial charge in [-0.25, -0.2) is 13.8 Å². The number of fused-ring (bicyclic) bond motifs is 1. The largest absolute Gasteiger partial charge is 0.496 e. The maximum absolute atomic E-state index is 16.5. The van der Waals surface area contributed by atoms with E-state index in [-0.39, 0.29) is 45.4 Å². The minimum absolute atomic E-state index is 0.0107. The molecule has 0 saturated heterocycles. The summed E-state index contributed by atoms with van der Waals surface area (Å²) in [6, 6.07) is 11.8. The monoisotopic (exact) mass is 568 g/mol. The maximum Gasteiger partial charge on any atom is 0.263 e. The van der Waals surface area contributed by atoms with E-state index in [1.54, 1.807) is 36.1 Å². The Morgan fingerprint density at radius 2 is 1.81 bits per heavy atom. The summed E-state index contributed by atoms with van der Waals surface area (Å²) in [5.41, 5.74) is 2.07. The number of halogens is 2. The quantitative estimate of drug-likeness (QED) is 0.247. The number of methoxy groups -OCH3 is 1. The predicted octanol–water partition coefficient (Wildman–Crippen LogP) is 6.32. The molecular weight excluding hydrogens is 542 g/mol. The molecule has 1 saturated carbocycles. The van der Waals surface area contributed by atoms with E-state index in [1.165, 1.54) is 57.0 Å². The van der Waals surface area contributed by atoms with E-state index in [9.17, 15) is 14.0 Å². The van der Waals surface area contributed by atoms with Gasteiger partial charge in [0.15, 0.2) is 5.82 Å². The number of carbonyl (C=O) groups is 2. The van der Waals surface area contributed by atoms with Gasteiger partial charge in [0, 0.05) is 36.6 Å². The van der Waals surface area contributed by atoms with Crippen LogP contribution >= 0.6 is 0 Å². The lowest BCUT2D eigenvalue weighted by Crippen LogP contribution is -2.34. The Morgan fingerprint density at radius 3 is 2.45 bits per heavy atom. The first-order chi connectivity index (χ1) is 20.3. The van der Waals surface area contributed by atoms with Gasteiger partial charge >= 0.3 is 0 Å². The second-order valence-electron chi connectivity index (χ2n) is 10.0. The number of aryl methyl sites for hydroxylation is 1. The summed E-state index contributed by atoms with van der Waals surface area (Å²) in [7, 11) is 2.91. The zero-order valence-electron chi connectivity index (χ0n) is 23.1. The molecular formula is C32H26F2N4O4. The molecule has 0 unspecified atom stereocenters. The number of rotatable bonds is 7. The Morgan fingerprint density at radius 1 is 1.05 bits per heavy atom. The first-order valence-electron chi connectivity index (χ1n) is 13.3. The van der Waals surface area contributed by atoms with Crippen LogP contribution in [0.25, 0.3) is 33.4 Å². The molecule has 2 heterocycles. The first-order valence-corrected chi connectivity index (χ1v) is 13.3. The molecule has 0 radical (unpaired) electrons. The zero-order chi connectivity index (χ0) is 29.5. The van der Waals surface area contributed by atoms with Crippen LogP contribution in [0.5, 0.6) is 5.75 Å². The van der Waals surface area contributed by atoms with Crippen molar-refractivity contribution < 1.29 is 27.5 Å². The molecule has 8 nitrogen and oxygen atoms in total. The molecule has 42 heavy (non-hydrogen) atoms. The number of benzene rings is 3. The third-order valence-electron chi connectivity index (χ3n) is 7.35. The molecule has 212 valence electrons. The normalized spacial score (nSPS) is 12.8. The fourth-order valence-electron chi connectivity index (χ4n) is 5.15. The fraction of sp³-hybridized carbons (Fsp3) is 0.188. The van der Waals surface area contributed by atoms with E-state index in [0.29, 0.717) is 28.3 Å². The second kappa shape index (κ2) is 10.7. The third-order valence-corrected chi connectivity index (χ3v) is 7.35. The maximum atomic E-state index is 16.5. The molecule has 0 bridgehead atoms. The Labute approximate surface area is 240 Å². The highest BCUT2D eigenvalue weighted by Crippen LogP contribution is 2.41. The molecule has 2 aromatic heterocycles. The van der Waals surface area contributed by atoms with Gasteiger partial charge in [-0.2, -0.15) is 0 Å². The van der Waals surface area contributed by atoms with Gasteiger partial charge < -0.3 is 14.5 Å². The molecule has 1 aliphatic carbocycles. The minimum atomic E-state index is -0.692. The highest BCUT2D eigenvalue weighted by molar-refractivity contribution is 6.12. The SMILES string of the molecule is CNC(=O)c1c(-c2ccc(F)cc2)oc2ccc(-c3cc(C(=O)N(c4cnccn4)C4CC4)c(OC)cc3C)c(F)c12. The van der Waals surface area contributed by atoms with Gasteiger partial charge in [0.2, 0.25) is 0 Å². The number of nitrogens with one attached hydrogen (secondary N) is 1. The summed E-state index contributed by atoms with van der Waals surface area (Å²) in [5.74, 6) is -1.17. The zero-order valence-corrected chi connectivity index (χ0v) is 23.1. The summed E-state index contributed by atoms with van der Waals surface area (Å²) >= 11 is 0. The summed E-state index contributed by atoms with van der Waals surface area (Å²) in [5, 5.41) is 2.53. The minimum Gasteiger partial charge on any atom is -0.496 e. The molecule has 1 aliphatic rings. The van der Waals surface area contributed by atoms with Crippen LogP contribution in [-0.4, -0.2) is 42.0 Å². The van der Waals surface area contributed by atoms with E-state index in [0.717, 1.165) is 12.8 Å². The average Bonchev–Trinajstić information content (AvgIpc) is 3.76. The van der Waals surface area contributed by atoms with Gasteiger partial charge in [-0.15, -0.1) is 0 Å². The number of amides is 2. The molecule has 6 rings (SSSR count). The van der Waals surface area contributed by atoms with Crippen molar-refractivity contribution >= 4 is 28.6 Å². The topological polar surface area (TPSA) is 97.6 Å². The van der Waals surface area contributed by atoms with Crippen molar-refractivity contribution in [1.82, 2.24) is 15.3 Å². The third kappa shape index (κ3) is 4.64. The molecule has 3 aromatic carbocycles. The van der Waals surface area contributed by atoms with Crippen LogP contribution in [0.1, 0.15) is 39.1 Å². The molecule has 2 amide bonds. The van der Waals surface area contributed by atoms with Crippen molar-refractivity contribution in [2.75, 3.05) is 19.1 Å². The van der Waals surface area contributed by atoms with Gasteiger partial charge in [0.05, 0.1) is 29.8 Å². The van der Waals surface area contributed by atoms with Crippen molar-refractivity contribution in [2.45, 2.75) is 25.8 Å². The molecule has 0 atom stereocenters. The fourth-order valence-corrected chi connectivity index (χ4v) is 5.15. The molecule has 1 N–H and O–H groups in total. The lowest BCUT2D eigenvalue weighted by Gasteiger charge is -2.23.